The maximum absolute atomic E-state index is 11.9. The fourth-order valence-electron chi connectivity index (χ4n) is 2.42. The fraction of sp³-hybridized carbons (Fsp3) is 0.211. The van der Waals surface area contributed by atoms with E-state index in [1.807, 2.05) is 42.5 Å². The molecule has 1 heterocycles. The normalized spacial score (nSPS) is 11.9. The number of rotatable bonds is 5. The number of carbonyl (C=O) groups excluding carboxylic acids is 2. The van der Waals surface area contributed by atoms with Gasteiger partial charge in [0.15, 0.2) is 6.10 Å². The smallest absolute Gasteiger partial charge is 0.303 e. The van der Waals surface area contributed by atoms with Crippen LogP contribution in [0.15, 0.2) is 48.5 Å². The lowest BCUT2D eigenvalue weighted by atomic mass is 10.1. The molecule has 6 heteroatoms. The number of anilines is 1. The van der Waals surface area contributed by atoms with E-state index in [1.54, 1.807) is 11.3 Å². The molecule has 1 amide bonds. The second kappa shape index (κ2) is 7.44. The molecule has 5 nitrogen and oxygen atoms in total. The largest absolute Gasteiger partial charge is 0.453 e. The van der Waals surface area contributed by atoms with Crippen molar-refractivity contribution in [3.8, 4) is 0 Å². The van der Waals surface area contributed by atoms with Crippen LogP contribution in [0.3, 0.4) is 0 Å². The maximum atomic E-state index is 11.9. The summed E-state index contributed by atoms with van der Waals surface area (Å²) in [6.07, 6.45) is -0.0721. The summed E-state index contributed by atoms with van der Waals surface area (Å²) in [6.45, 7) is 2.82. The summed E-state index contributed by atoms with van der Waals surface area (Å²) in [5.74, 6) is -0.831. The van der Waals surface area contributed by atoms with Crippen molar-refractivity contribution in [3.05, 3.63) is 59.1 Å². The van der Waals surface area contributed by atoms with Gasteiger partial charge in [0.2, 0.25) is 0 Å². The first-order valence-electron chi connectivity index (χ1n) is 7.93. The summed E-state index contributed by atoms with van der Waals surface area (Å²) in [5.41, 5.74) is 2.80. The molecule has 0 aliphatic heterocycles. The van der Waals surface area contributed by atoms with Gasteiger partial charge < -0.3 is 10.1 Å². The molecular formula is C19H18N2O3S. The molecule has 0 saturated carbocycles. The number of amides is 1. The van der Waals surface area contributed by atoms with Crippen LogP contribution in [0.1, 0.15) is 24.4 Å². The predicted octanol–water partition coefficient (Wildman–Crippen LogP) is 3.78. The van der Waals surface area contributed by atoms with E-state index in [9.17, 15) is 9.59 Å². The Kier molecular flexibility index (Phi) is 5.09. The summed E-state index contributed by atoms with van der Waals surface area (Å²) in [6, 6.07) is 15.7. The molecule has 0 aliphatic carbocycles. The first-order chi connectivity index (χ1) is 12.0. The van der Waals surface area contributed by atoms with E-state index < -0.39 is 12.1 Å². The summed E-state index contributed by atoms with van der Waals surface area (Å²) in [4.78, 5) is 27.4. The lowest BCUT2D eigenvalue weighted by Gasteiger charge is -2.12. The Bertz CT molecular complexity index is 869. The van der Waals surface area contributed by atoms with E-state index in [0.717, 1.165) is 22.5 Å². The topological polar surface area (TPSA) is 68.3 Å². The number of nitrogens with one attached hydrogen (secondary N) is 1. The van der Waals surface area contributed by atoms with Crippen LogP contribution < -0.4 is 5.32 Å². The minimum atomic E-state index is -0.820. The Morgan fingerprint density at radius 3 is 2.56 bits per heavy atom. The molecule has 1 aromatic heterocycles. The molecule has 1 atom stereocenters. The van der Waals surface area contributed by atoms with Crippen LogP contribution in [-0.4, -0.2) is 23.0 Å². The van der Waals surface area contributed by atoms with Gasteiger partial charge in [0.25, 0.3) is 5.91 Å². The molecule has 0 aliphatic rings. The van der Waals surface area contributed by atoms with Crippen molar-refractivity contribution in [3.63, 3.8) is 0 Å². The molecule has 2 aromatic carbocycles. The molecule has 0 radical (unpaired) electrons. The second-order valence-electron chi connectivity index (χ2n) is 5.69. The third-order valence-electron chi connectivity index (χ3n) is 3.63. The third-order valence-corrected chi connectivity index (χ3v) is 4.66. The number of benzene rings is 2. The number of carbonyl (C=O) groups is 2. The number of esters is 1. The van der Waals surface area contributed by atoms with Crippen LogP contribution in [-0.2, 0) is 20.7 Å². The minimum absolute atomic E-state index is 0.353. The van der Waals surface area contributed by atoms with E-state index in [0.29, 0.717) is 5.69 Å². The Morgan fingerprint density at radius 1 is 1.16 bits per heavy atom. The summed E-state index contributed by atoms with van der Waals surface area (Å²) < 4.78 is 6.04. The zero-order valence-corrected chi connectivity index (χ0v) is 14.8. The van der Waals surface area contributed by atoms with Crippen LogP contribution in [0.5, 0.6) is 0 Å². The Labute approximate surface area is 149 Å². The number of hydrogen-bond donors (Lipinski definition) is 1. The molecule has 0 unspecified atom stereocenters. The van der Waals surface area contributed by atoms with Gasteiger partial charge in [-0.3, -0.25) is 9.59 Å². The Balaban J connectivity index is 1.63. The van der Waals surface area contributed by atoms with E-state index >= 15 is 0 Å². The number of ether oxygens (including phenoxy) is 1. The average Bonchev–Trinajstić information content (AvgIpc) is 2.98. The number of nitrogens with zero attached hydrogens (tertiary/aromatic N) is 1. The van der Waals surface area contributed by atoms with Gasteiger partial charge >= 0.3 is 5.97 Å². The molecule has 0 saturated heterocycles. The van der Waals surface area contributed by atoms with Crippen LogP contribution >= 0.6 is 11.3 Å². The van der Waals surface area contributed by atoms with Crippen molar-refractivity contribution in [2.24, 2.45) is 0 Å². The van der Waals surface area contributed by atoms with Gasteiger partial charge in [-0.2, -0.15) is 0 Å². The fourth-order valence-corrected chi connectivity index (χ4v) is 3.42. The van der Waals surface area contributed by atoms with Crippen molar-refractivity contribution < 1.29 is 14.3 Å². The van der Waals surface area contributed by atoms with Gasteiger partial charge in [0, 0.05) is 19.0 Å². The summed E-state index contributed by atoms with van der Waals surface area (Å²) in [5, 5.41) is 3.79. The van der Waals surface area contributed by atoms with E-state index in [-0.39, 0.29) is 5.91 Å². The highest BCUT2D eigenvalue weighted by atomic mass is 32.1. The van der Waals surface area contributed by atoms with Crippen LogP contribution in [0, 0.1) is 0 Å². The van der Waals surface area contributed by atoms with Gasteiger partial charge in [-0.05, 0) is 36.8 Å². The van der Waals surface area contributed by atoms with Crippen molar-refractivity contribution in [1.82, 2.24) is 4.98 Å². The lowest BCUT2D eigenvalue weighted by molar-refractivity contribution is -0.150. The molecular weight excluding hydrogens is 336 g/mol. The maximum Gasteiger partial charge on any atom is 0.303 e. The monoisotopic (exact) mass is 354 g/mol. The van der Waals surface area contributed by atoms with Crippen molar-refractivity contribution >= 4 is 39.1 Å². The Morgan fingerprint density at radius 2 is 1.88 bits per heavy atom. The van der Waals surface area contributed by atoms with E-state index in [1.165, 1.54) is 18.5 Å². The molecule has 0 bridgehead atoms. The molecule has 128 valence electrons. The van der Waals surface area contributed by atoms with Crippen LogP contribution in [0.25, 0.3) is 10.2 Å². The standard InChI is InChI=1S/C19H18N2O3S/c1-12(24-13(2)22)19(23)20-15-9-7-14(8-10-15)11-18-21-16-5-3-4-6-17(16)25-18/h3-10,12H,11H2,1-2H3,(H,20,23)/t12-/m0/s1. The van der Waals surface area contributed by atoms with E-state index in [2.05, 4.69) is 16.4 Å². The second-order valence-corrected chi connectivity index (χ2v) is 6.81. The van der Waals surface area contributed by atoms with Gasteiger partial charge in [-0.15, -0.1) is 11.3 Å². The number of aromatic nitrogens is 1. The SMILES string of the molecule is CC(=O)O[C@@H](C)C(=O)Nc1ccc(Cc2nc3ccccc3s2)cc1. The van der Waals surface area contributed by atoms with Crippen LogP contribution in [0.2, 0.25) is 0 Å². The first-order valence-corrected chi connectivity index (χ1v) is 8.74. The van der Waals surface area contributed by atoms with Gasteiger partial charge in [-0.1, -0.05) is 24.3 Å². The quantitative estimate of drug-likeness (QED) is 0.708. The number of para-hydroxylation sites is 1. The lowest BCUT2D eigenvalue weighted by Crippen LogP contribution is -2.29. The third kappa shape index (κ3) is 4.42. The summed E-state index contributed by atoms with van der Waals surface area (Å²) >= 11 is 1.69. The van der Waals surface area contributed by atoms with Crippen molar-refractivity contribution in [2.75, 3.05) is 5.32 Å². The van der Waals surface area contributed by atoms with Crippen molar-refractivity contribution in [1.29, 1.82) is 0 Å². The molecule has 1 N–H and O–H groups in total. The van der Waals surface area contributed by atoms with Crippen LogP contribution in [0.4, 0.5) is 5.69 Å². The molecule has 3 aromatic rings. The average molecular weight is 354 g/mol. The molecule has 25 heavy (non-hydrogen) atoms. The van der Waals surface area contributed by atoms with Gasteiger partial charge in [-0.25, -0.2) is 4.98 Å². The molecule has 0 fully saturated rings. The molecule has 0 spiro atoms. The van der Waals surface area contributed by atoms with Crippen molar-refractivity contribution in [2.45, 2.75) is 26.4 Å². The molecule has 3 rings (SSSR count). The number of thiazole rings is 1. The first kappa shape index (κ1) is 17.1. The van der Waals surface area contributed by atoms with Gasteiger partial charge in [0.1, 0.15) is 0 Å². The zero-order chi connectivity index (χ0) is 17.8. The van der Waals surface area contributed by atoms with Gasteiger partial charge in [0.05, 0.1) is 15.2 Å². The number of fused-ring (bicyclic) bond motifs is 1. The summed E-state index contributed by atoms with van der Waals surface area (Å²) in [7, 11) is 0. The predicted molar refractivity (Wildman–Crippen MR) is 98.7 cm³/mol. The highest BCUT2D eigenvalue weighted by Crippen LogP contribution is 2.24. The highest BCUT2D eigenvalue weighted by molar-refractivity contribution is 7.18. The Hall–Kier alpha value is -2.73. The number of hydrogen-bond acceptors (Lipinski definition) is 5. The van der Waals surface area contributed by atoms with E-state index in [4.69, 9.17) is 4.74 Å². The highest BCUT2D eigenvalue weighted by Gasteiger charge is 2.15. The minimum Gasteiger partial charge on any atom is -0.453 e. The zero-order valence-electron chi connectivity index (χ0n) is 14.0.